The van der Waals surface area contributed by atoms with E-state index in [1.807, 2.05) is 0 Å². The lowest BCUT2D eigenvalue weighted by atomic mass is 10.1. The molecule has 0 amide bonds. The molecular formula is C10H7F5O2. The van der Waals surface area contributed by atoms with Gasteiger partial charge < -0.3 is 4.74 Å². The first-order valence-electron chi connectivity index (χ1n) is 4.51. The molecule has 0 aliphatic carbocycles. The van der Waals surface area contributed by atoms with Crippen LogP contribution in [-0.4, -0.2) is 18.6 Å². The maximum absolute atomic E-state index is 13.4. The van der Waals surface area contributed by atoms with Crippen LogP contribution in [0.5, 0.6) is 5.75 Å². The van der Waals surface area contributed by atoms with E-state index >= 15 is 0 Å². The van der Waals surface area contributed by atoms with Crippen LogP contribution in [0.2, 0.25) is 0 Å². The van der Waals surface area contributed by atoms with Crippen molar-refractivity contribution < 1.29 is 31.5 Å². The highest BCUT2D eigenvalue weighted by Crippen LogP contribution is 2.29. The normalized spacial score (nSPS) is 11.4. The third-order valence-electron chi connectivity index (χ3n) is 1.84. The molecule has 0 unspecified atom stereocenters. The lowest BCUT2D eigenvalue weighted by Gasteiger charge is -2.10. The van der Waals surface area contributed by atoms with Crippen molar-refractivity contribution in [3.05, 3.63) is 29.3 Å². The van der Waals surface area contributed by atoms with Gasteiger partial charge in [0.2, 0.25) is 0 Å². The Morgan fingerprint density at radius 3 is 2.35 bits per heavy atom. The Morgan fingerprint density at radius 1 is 1.29 bits per heavy atom. The summed E-state index contributed by atoms with van der Waals surface area (Å²) in [5.41, 5.74) is -1.65. The molecular weight excluding hydrogens is 247 g/mol. The van der Waals surface area contributed by atoms with Gasteiger partial charge in [-0.15, -0.1) is 0 Å². The van der Waals surface area contributed by atoms with E-state index < -0.39 is 34.9 Å². The van der Waals surface area contributed by atoms with E-state index in [1.54, 1.807) is 0 Å². The van der Waals surface area contributed by atoms with Gasteiger partial charge in [-0.25, -0.2) is 8.78 Å². The number of alkyl halides is 3. The van der Waals surface area contributed by atoms with E-state index in [0.717, 1.165) is 6.07 Å². The predicted octanol–water partition coefficient (Wildman–Crippen LogP) is 3.11. The first kappa shape index (κ1) is 13.4. The standard InChI is InChI=1S/C10H7F5O2/c1-2-17-6-4-3-5(11)7(8(6)12)9(16)10(13,14)15/h3-4H,2H2,1H3. The minimum atomic E-state index is -5.34. The van der Waals surface area contributed by atoms with E-state index in [1.165, 1.54) is 6.92 Å². The molecule has 0 atom stereocenters. The minimum Gasteiger partial charge on any atom is -0.491 e. The molecule has 0 heterocycles. The molecule has 17 heavy (non-hydrogen) atoms. The fourth-order valence-electron chi connectivity index (χ4n) is 1.15. The molecule has 0 saturated heterocycles. The van der Waals surface area contributed by atoms with Crippen LogP contribution in [-0.2, 0) is 0 Å². The van der Waals surface area contributed by atoms with Gasteiger partial charge in [0, 0.05) is 0 Å². The highest BCUT2D eigenvalue weighted by molar-refractivity contribution is 6.01. The monoisotopic (exact) mass is 254 g/mol. The van der Waals surface area contributed by atoms with Crippen LogP contribution in [0.4, 0.5) is 22.0 Å². The summed E-state index contributed by atoms with van der Waals surface area (Å²) in [5, 5.41) is 0. The van der Waals surface area contributed by atoms with Gasteiger partial charge in [0.15, 0.2) is 11.6 Å². The molecule has 0 spiro atoms. The number of rotatable bonds is 3. The number of carbonyl (C=O) groups is 1. The van der Waals surface area contributed by atoms with E-state index in [2.05, 4.69) is 4.74 Å². The van der Waals surface area contributed by atoms with E-state index in [4.69, 9.17) is 0 Å². The molecule has 0 N–H and O–H groups in total. The largest absolute Gasteiger partial charge is 0.491 e. The Hall–Kier alpha value is -1.66. The van der Waals surface area contributed by atoms with Crippen LogP contribution in [0.1, 0.15) is 17.3 Å². The maximum Gasteiger partial charge on any atom is 0.455 e. The van der Waals surface area contributed by atoms with Crippen LogP contribution in [0.25, 0.3) is 0 Å². The molecule has 0 aliphatic rings. The average molecular weight is 254 g/mol. The number of benzene rings is 1. The molecule has 0 fully saturated rings. The number of hydrogen-bond acceptors (Lipinski definition) is 2. The van der Waals surface area contributed by atoms with Gasteiger partial charge in [-0.1, -0.05) is 0 Å². The molecule has 1 aromatic carbocycles. The van der Waals surface area contributed by atoms with Crippen molar-refractivity contribution in [2.75, 3.05) is 6.61 Å². The van der Waals surface area contributed by atoms with Gasteiger partial charge in [0.05, 0.1) is 6.61 Å². The zero-order valence-corrected chi connectivity index (χ0v) is 8.57. The smallest absolute Gasteiger partial charge is 0.455 e. The molecule has 0 saturated carbocycles. The van der Waals surface area contributed by atoms with Crippen molar-refractivity contribution >= 4 is 5.78 Å². The second-order valence-corrected chi connectivity index (χ2v) is 2.99. The van der Waals surface area contributed by atoms with Gasteiger partial charge >= 0.3 is 6.18 Å². The van der Waals surface area contributed by atoms with Gasteiger partial charge in [0.25, 0.3) is 5.78 Å². The Balaban J connectivity index is 3.32. The van der Waals surface area contributed by atoms with Crippen LogP contribution < -0.4 is 4.74 Å². The maximum atomic E-state index is 13.4. The molecule has 0 bridgehead atoms. The van der Waals surface area contributed by atoms with Crippen molar-refractivity contribution in [3.63, 3.8) is 0 Å². The van der Waals surface area contributed by atoms with Crippen LogP contribution in [0.15, 0.2) is 12.1 Å². The van der Waals surface area contributed by atoms with Crippen LogP contribution in [0.3, 0.4) is 0 Å². The SMILES string of the molecule is CCOc1ccc(F)c(C(=O)C(F)(F)F)c1F. The Bertz CT molecular complexity index is 439. The number of ether oxygens (including phenoxy) is 1. The quantitative estimate of drug-likeness (QED) is 0.612. The lowest BCUT2D eigenvalue weighted by Crippen LogP contribution is -2.25. The van der Waals surface area contributed by atoms with Crippen molar-refractivity contribution in [2.45, 2.75) is 13.1 Å². The second kappa shape index (κ2) is 4.68. The van der Waals surface area contributed by atoms with Gasteiger partial charge in [-0.05, 0) is 19.1 Å². The summed E-state index contributed by atoms with van der Waals surface area (Å²) in [4.78, 5) is 10.8. The molecule has 1 rings (SSSR count). The van der Waals surface area contributed by atoms with Crippen LogP contribution in [0, 0.1) is 11.6 Å². The molecule has 0 aromatic heterocycles. The predicted molar refractivity (Wildman–Crippen MR) is 47.9 cm³/mol. The Labute approximate surface area is 93.0 Å². The molecule has 0 radical (unpaired) electrons. The number of Topliss-reactive ketones (excluding diaryl/α,β-unsaturated/α-hetero) is 1. The van der Waals surface area contributed by atoms with Crippen LogP contribution >= 0.6 is 0 Å². The van der Waals surface area contributed by atoms with E-state index in [0.29, 0.717) is 6.07 Å². The fraction of sp³-hybridized carbons (Fsp3) is 0.300. The highest BCUT2D eigenvalue weighted by Gasteiger charge is 2.43. The summed E-state index contributed by atoms with van der Waals surface area (Å²) < 4.78 is 67.4. The third kappa shape index (κ3) is 2.72. The molecule has 2 nitrogen and oxygen atoms in total. The zero-order chi connectivity index (χ0) is 13.2. The van der Waals surface area contributed by atoms with Gasteiger partial charge in [-0.3, -0.25) is 4.79 Å². The summed E-state index contributed by atoms with van der Waals surface area (Å²) in [6, 6.07) is 1.37. The fourth-order valence-corrected chi connectivity index (χ4v) is 1.15. The minimum absolute atomic E-state index is 0.0256. The Morgan fingerprint density at radius 2 is 1.88 bits per heavy atom. The summed E-state index contributed by atoms with van der Waals surface area (Å²) in [7, 11) is 0. The van der Waals surface area contributed by atoms with Gasteiger partial charge in [-0.2, -0.15) is 13.2 Å². The van der Waals surface area contributed by atoms with E-state index in [-0.39, 0.29) is 6.61 Å². The molecule has 94 valence electrons. The number of halogens is 5. The summed E-state index contributed by atoms with van der Waals surface area (Å²) in [6.07, 6.45) is -5.34. The van der Waals surface area contributed by atoms with Crippen molar-refractivity contribution in [1.29, 1.82) is 0 Å². The lowest BCUT2D eigenvalue weighted by molar-refractivity contribution is -0.0890. The number of hydrogen-bond donors (Lipinski definition) is 0. The number of carbonyl (C=O) groups excluding carboxylic acids is 1. The summed E-state index contributed by atoms with van der Waals surface area (Å²) in [6.45, 7) is 1.44. The summed E-state index contributed by atoms with van der Waals surface area (Å²) in [5.74, 6) is -6.39. The van der Waals surface area contributed by atoms with E-state index in [9.17, 15) is 26.7 Å². The molecule has 7 heteroatoms. The van der Waals surface area contributed by atoms with Crippen molar-refractivity contribution in [1.82, 2.24) is 0 Å². The molecule has 1 aromatic rings. The topological polar surface area (TPSA) is 26.3 Å². The summed E-state index contributed by atoms with van der Waals surface area (Å²) >= 11 is 0. The zero-order valence-electron chi connectivity index (χ0n) is 8.57. The first-order valence-corrected chi connectivity index (χ1v) is 4.51. The average Bonchev–Trinajstić information content (AvgIpc) is 2.21. The van der Waals surface area contributed by atoms with Crippen molar-refractivity contribution in [3.8, 4) is 5.75 Å². The number of ketones is 1. The third-order valence-corrected chi connectivity index (χ3v) is 1.84. The Kier molecular flexibility index (Phi) is 3.69. The molecule has 0 aliphatic heterocycles. The first-order chi connectivity index (χ1) is 7.79. The second-order valence-electron chi connectivity index (χ2n) is 2.99. The highest BCUT2D eigenvalue weighted by atomic mass is 19.4. The van der Waals surface area contributed by atoms with Gasteiger partial charge in [0.1, 0.15) is 11.4 Å². The van der Waals surface area contributed by atoms with Crippen molar-refractivity contribution in [2.24, 2.45) is 0 Å².